The van der Waals surface area contributed by atoms with Crippen LogP contribution in [-0.4, -0.2) is 37.4 Å². The first-order chi connectivity index (χ1) is 13.8. The van der Waals surface area contributed by atoms with E-state index in [0.29, 0.717) is 5.75 Å². The van der Waals surface area contributed by atoms with E-state index < -0.39 is 17.7 Å². The minimum absolute atomic E-state index is 0.168. The second-order valence-electron chi connectivity index (χ2n) is 7.20. The molecule has 0 saturated carbocycles. The molecule has 7 nitrogen and oxygen atoms in total. The van der Waals surface area contributed by atoms with E-state index >= 15 is 0 Å². The van der Waals surface area contributed by atoms with Crippen molar-refractivity contribution in [2.75, 3.05) is 13.7 Å². The number of benzene rings is 2. The van der Waals surface area contributed by atoms with Gasteiger partial charge in [-0.3, -0.25) is 4.79 Å². The van der Waals surface area contributed by atoms with Crippen LogP contribution >= 0.6 is 0 Å². The molecule has 2 rings (SSSR count). The average Bonchev–Trinajstić information content (AvgIpc) is 2.67. The molecular weight excluding hydrogens is 372 g/mol. The van der Waals surface area contributed by atoms with Gasteiger partial charge in [0.25, 0.3) is 5.91 Å². The monoisotopic (exact) mass is 398 g/mol. The van der Waals surface area contributed by atoms with Crippen molar-refractivity contribution in [3.05, 3.63) is 65.7 Å². The molecule has 1 N–H and O–H groups in total. The van der Waals surface area contributed by atoms with Gasteiger partial charge in [-0.2, -0.15) is 5.10 Å². The summed E-state index contributed by atoms with van der Waals surface area (Å²) >= 11 is 0. The minimum Gasteiger partial charge on any atom is -0.482 e. The van der Waals surface area contributed by atoms with Crippen LogP contribution < -0.4 is 10.2 Å². The molecule has 0 unspecified atom stereocenters. The molecule has 2 aromatic rings. The van der Waals surface area contributed by atoms with Crippen molar-refractivity contribution in [1.29, 1.82) is 0 Å². The van der Waals surface area contributed by atoms with Crippen molar-refractivity contribution in [2.45, 2.75) is 32.5 Å². The number of methoxy groups -OCH3 is 1. The lowest BCUT2D eigenvalue weighted by molar-refractivity contribution is -0.157. The van der Waals surface area contributed by atoms with E-state index in [9.17, 15) is 9.59 Å². The lowest BCUT2D eigenvalue weighted by Crippen LogP contribution is -2.27. The lowest BCUT2D eigenvalue weighted by Gasteiger charge is -2.19. The molecule has 2 aromatic carbocycles. The highest BCUT2D eigenvalue weighted by Gasteiger charge is 2.19. The van der Waals surface area contributed by atoms with Gasteiger partial charge in [0, 0.05) is 7.11 Å². The van der Waals surface area contributed by atoms with Crippen LogP contribution in [0.5, 0.6) is 5.75 Å². The normalized spacial score (nSPS) is 12.4. The van der Waals surface area contributed by atoms with E-state index in [1.165, 1.54) is 13.3 Å². The Bertz CT molecular complexity index is 827. The van der Waals surface area contributed by atoms with Gasteiger partial charge in [0.2, 0.25) is 0 Å². The molecule has 0 radical (unpaired) electrons. The molecule has 1 atom stereocenters. The summed E-state index contributed by atoms with van der Waals surface area (Å²) in [7, 11) is 1.47. The van der Waals surface area contributed by atoms with Crippen LogP contribution in [-0.2, 0) is 19.1 Å². The standard InChI is InChI=1S/C22H26N2O5/c1-22(2,3)29-19(25)15-28-18-12-10-16(11-13-18)14-23-24-21(26)20(27-4)17-8-6-5-7-9-17/h5-14,20H,15H2,1-4H3,(H,24,26)/b23-14-/t20-/m0/s1. The molecule has 0 aliphatic carbocycles. The summed E-state index contributed by atoms with van der Waals surface area (Å²) in [6.07, 6.45) is 0.768. The largest absolute Gasteiger partial charge is 0.482 e. The van der Waals surface area contributed by atoms with Gasteiger partial charge < -0.3 is 14.2 Å². The zero-order chi connectivity index (χ0) is 21.3. The fourth-order valence-corrected chi connectivity index (χ4v) is 2.41. The fraction of sp³-hybridized carbons (Fsp3) is 0.318. The molecular formula is C22H26N2O5. The highest BCUT2D eigenvalue weighted by Crippen LogP contribution is 2.16. The Hall–Kier alpha value is -3.19. The van der Waals surface area contributed by atoms with E-state index in [1.54, 1.807) is 45.0 Å². The van der Waals surface area contributed by atoms with Crippen molar-refractivity contribution < 1.29 is 23.8 Å². The zero-order valence-corrected chi connectivity index (χ0v) is 17.0. The zero-order valence-electron chi connectivity index (χ0n) is 17.0. The van der Waals surface area contributed by atoms with Crippen molar-refractivity contribution in [1.82, 2.24) is 5.43 Å². The van der Waals surface area contributed by atoms with Crippen molar-refractivity contribution in [3.8, 4) is 5.75 Å². The number of rotatable bonds is 8. The summed E-state index contributed by atoms with van der Waals surface area (Å²) in [5.41, 5.74) is 3.42. The van der Waals surface area contributed by atoms with Crippen LogP contribution in [0.25, 0.3) is 0 Å². The summed E-state index contributed by atoms with van der Waals surface area (Å²) < 4.78 is 15.8. The third-order valence-electron chi connectivity index (χ3n) is 3.62. The van der Waals surface area contributed by atoms with Gasteiger partial charge in [-0.1, -0.05) is 30.3 Å². The first-order valence-corrected chi connectivity index (χ1v) is 9.14. The molecule has 0 saturated heterocycles. The predicted octanol–water partition coefficient (Wildman–Crippen LogP) is 3.24. The first-order valence-electron chi connectivity index (χ1n) is 9.14. The van der Waals surface area contributed by atoms with E-state index in [4.69, 9.17) is 14.2 Å². The lowest BCUT2D eigenvalue weighted by atomic mass is 10.1. The number of hydrazone groups is 1. The number of nitrogens with one attached hydrogen (secondary N) is 1. The Balaban J connectivity index is 1.85. The van der Waals surface area contributed by atoms with Crippen LogP contribution in [0.4, 0.5) is 0 Å². The molecule has 154 valence electrons. The van der Waals surface area contributed by atoms with Crippen LogP contribution in [0.15, 0.2) is 59.7 Å². The highest BCUT2D eigenvalue weighted by atomic mass is 16.6. The number of hydrogen-bond acceptors (Lipinski definition) is 6. The maximum absolute atomic E-state index is 12.3. The summed E-state index contributed by atoms with van der Waals surface area (Å²) in [4.78, 5) is 23.9. The number of carbonyl (C=O) groups is 2. The van der Waals surface area contributed by atoms with E-state index in [-0.39, 0.29) is 12.5 Å². The second-order valence-corrected chi connectivity index (χ2v) is 7.20. The molecule has 0 heterocycles. The van der Waals surface area contributed by atoms with Crippen LogP contribution in [0, 0.1) is 0 Å². The van der Waals surface area contributed by atoms with Gasteiger partial charge >= 0.3 is 5.97 Å². The second kappa shape index (κ2) is 10.4. The number of nitrogens with zero attached hydrogens (tertiary/aromatic N) is 1. The van der Waals surface area contributed by atoms with Crippen molar-refractivity contribution in [3.63, 3.8) is 0 Å². The molecule has 0 bridgehead atoms. The van der Waals surface area contributed by atoms with E-state index in [1.807, 2.05) is 30.3 Å². The number of amides is 1. The molecule has 0 spiro atoms. The smallest absolute Gasteiger partial charge is 0.344 e. The molecule has 0 fully saturated rings. The van der Waals surface area contributed by atoms with Gasteiger partial charge in [0.15, 0.2) is 12.7 Å². The van der Waals surface area contributed by atoms with Gasteiger partial charge in [0.1, 0.15) is 11.4 Å². The number of carbonyl (C=O) groups excluding carboxylic acids is 2. The Morgan fingerprint density at radius 3 is 2.31 bits per heavy atom. The van der Waals surface area contributed by atoms with Gasteiger partial charge in [-0.25, -0.2) is 10.2 Å². The Morgan fingerprint density at radius 1 is 1.07 bits per heavy atom. The topological polar surface area (TPSA) is 86.2 Å². The van der Waals surface area contributed by atoms with Crippen molar-refractivity contribution >= 4 is 18.1 Å². The average molecular weight is 398 g/mol. The van der Waals surface area contributed by atoms with Crippen molar-refractivity contribution in [2.24, 2.45) is 5.10 Å². The summed E-state index contributed by atoms with van der Waals surface area (Å²) in [5, 5.41) is 3.96. The van der Waals surface area contributed by atoms with Crippen LogP contribution in [0.3, 0.4) is 0 Å². The molecule has 0 aliphatic rings. The Morgan fingerprint density at radius 2 is 1.72 bits per heavy atom. The van der Waals surface area contributed by atoms with Crippen LogP contribution in [0.2, 0.25) is 0 Å². The van der Waals surface area contributed by atoms with Gasteiger partial charge in [0.05, 0.1) is 6.21 Å². The maximum Gasteiger partial charge on any atom is 0.344 e. The molecule has 7 heteroatoms. The summed E-state index contributed by atoms with van der Waals surface area (Å²) in [6.45, 7) is 5.23. The number of ether oxygens (including phenoxy) is 3. The predicted molar refractivity (Wildman–Crippen MR) is 110 cm³/mol. The molecule has 1 amide bonds. The maximum atomic E-state index is 12.3. The quantitative estimate of drug-likeness (QED) is 0.419. The fourth-order valence-electron chi connectivity index (χ4n) is 2.41. The summed E-state index contributed by atoms with van der Waals surface area (Å²) in [6, 6.07) is 16.1. The van der Waals surface area contributed by atoms with E-state index in [2.05, 4.69) is 10.5 Å². The van der Waals surface area contributed by atoms with Crippen LogP contribution in [0.1, 0.15) is 38.0 Å². The van der Waals surface area contributed by atoms with Gasteiger partial charge in [-0.15, -0.1) is 0 Å². The molecule has 0 aliphatic heterocycles. The minimum atomic E-state index is -0.739. The Kier molecular flexibility index (Phi) is 7.91. The third kappa shape index (κ3) is 7.75. The van der Waals surface area contributed by atoms with Gasteiger partial charge in [-0.05, 0) is 56.2 Å². The Labute approximate surface area is 170 Å². The number of hydrogen-bond donors (Lipinski definition) is 1. The summed E-state index contributed by atoms with van der Waals surface area (Å²) in [5.74, 6) is -0.273. The highest BCUT2D eigenvalue weighted by molar-refractivity contribution is 5.85. The van der Waals surface area contributed by atoms with E-state index in [0.717, 1.165) is 11.1 Å². The third-order valence-corrected chi connectivity index (χ3v) is 3.62. The SMILES string of the molecule is CO[C@H](C(=O)N/N=C\c1ccc(OCC(=O)OC(C)(C)C)cc1)c1ccccc1. The number of esters is 1. The molecule has 0 aromatic heterocycles. The first kappa shape index (κ1) is 22.1. The molecule has 29 heavy (non-hydrogen) atoms.